The van der Waals surface area contributed by atoms with Gasteiger partial charge in [0.25, 0.3) is 0 Å². The minimum atomic E-state index is -1.02. The van der Waals surface area contributed by atoms with Crippen molar-refractivity contribution in [3.05, 3.63) is 11.6 Å². The maximum Gasteiger partial charge on any atom is 0.328 e. The number of carboxylic acids is 1. The first-order chi connectivity index (χ1) is 5.20. The van der Waals surface area contributed by atoms with Gasteiger partial charge in [-0.2, -0.15) is 0 Å². The Bertz CT molecular complexity index is 215. The lowest BCUT2D eigenvalue weighted by Crippen LogP contribution is -2.09. The smallest absolute Gasteiger partial charge is 0.328 e. The first-order valence-corrected chi connectivity index (χ1v) is 3.67. The molecule has 0 unspecified atom stereocenters. The van der Waals surface area contributed by atoms with Gasteiger partial charge in [-0.3, -0.25) is 4.79 Å². The predicted octanol–water partition coefficient (Wildman–Crippen LogP) is 1.14. The van der Waals surface area contributed by atoms with E-state index in [1.165, 1.54) is 0 Å². The third-order valence-electron chi connectivity index (χ3n) is 1.76. The molecule has 1 saturated carbocycles. The molecule has 1 fully saturated rings. The van der Waals surface area contributed by atoms with E-state index in [0.29, 0.717) is 18.4 Å². The van der Waals surface area contributed by atoms with Crippen molar-refractivity contribution in [2.75, 3.05) is 0 Å². The summed E-state index contributed by atoms with van der Waals surface area (Å²) in [7, 11) is 0. The molecule has 0 bridgehead atoms. The molecule has 0 heterocycles. The van der Waals surface area contributed by atoms with Crippen LogP contribution in [0.1, 0.15) is 25.7 Å². The van der Waals surface area contributed by atoms with Crippen LogP contribution in [0.15, 0.2) is 11.6 Å². The van der Waals surface area contributed by atoms with E-state index < -0.39 is 5.97 Å². The van der Waals surface area contributed by atoms with Gasteiger partial charge in [-0.1, -0.05) is 0 Å². The summed E-state index contributed by atoms with van der Waals surface area (Å²) >= 11 is 0. The van der Waals surface area contributed by atoms with Crippen molar-refractivity contribution in [1.29, 1.82) is 0 Å². The molecule has 3 heteroatoms. The minimum absolute atomic E-state index is 0.00125. The van der Waals surface area contributed by atoms with Gasteiger partial charge in [0.1, 0.15) is 0 Å². The number of rotatable bonds is 1. The number of hydrogen-bond acceptors (Lipinski definition) is 2. The van der Waals surface area contributed by atoms with Crippen LogP contribution in [0.2, 0.25) is 0 Å². The van der Waals surface area contributed by atoms with Crippen LogP contribution >= 0.6 is 0 Å². The molecule has 0 spiro atoms. The summed E-state index contributed by atoms with van der Waals surface area (Å²) in [6.45, 7) is 0. The highest BCUT2D eigenvalue weighted by atomic mass is 16.4. The normalized spacial score (nSPS) is 22.2. The minimum Gasteiger partial charge on any atom is -0.478 e. The Morgan fingerprint density at radius 1 is 1.36 bits per heavy atom. The monoisotopic (exact) mass is 154 g/mol. The van der Waals surface area contributed by atoms with Gasteiger partial charge >= 0.3 is 5.97 Å². The quantitative estimate of drug-likeness (QED) is 0.576. The number of carboxylic acid groups (broad SMARTS) is 1. The Kier molecular flexibility index (Phi) is 2.41. The molecule has 1 N–H and O–H groups in total. The molecular formula is C8H10O3. The van der Waals surface area contributed by atoms with Crippen molar-refractivity contribution in [3.63, 3.8) is 0 Å². The summed E-state index contributed by atoms with van der Waals surface area (Å²) in [5.41, 5.74) is 0.476. The Labute approximate surface area is 64.7 Å². The molecule has 1 rings (SSSR count). The molecular weight excluding hydrogens is 144 g/mol. The molecule has 60 valence electrons. The van der Waals surface area contributed by atoms with Crippen LogP contribution in [0.5, 0.6) is 0 Å². The zero-order valence-corrected chi connectivity index (χ0v) is 6.17. The van der Waals surface area contributed by atoms with Gasteiger partial charge in [0.05, 0.1) is 0 Å². The van der Waals surface area contributed by atoms with E-state index in [4.69, 9.17) is 5.11 Å². The van der Waals surface area contributed by atoms with E-state index in [0.717, 1.165) is 18.9 Å². The molecule has 1 aliphatic rings. The number of carbonyl (C=O) groups is 2. The van der Waals surface area contributed by atoms with Crippen LogP contribution in [-0.4, -0.2) is 16.9 Å². The van der Waals surface area contributed by atoms with Crippen molar-refractivity contribution < 1.29 is 14.7 Å². The Hall–Kier alpha value is -1.12. The summed E-state index contributed by atoms with van der Waals surface area (Å²) in [5, 5.41) is 8.35. The van der Waals surface area contributed by atoms with E-state index >= 15 is 0 Å². The highest BCUT2D eigenvalue weighted by Crippen LogP contribution is 2.19. The highest BCUT2D eigenvalue weighted by Gasteiger charge is 2.15. The molecule has 1 aliphatic carbocycles. The average Bonchev–Trinajstić information content (AvgIpc) is 1.93. The second kappa shape index (κ2) is 3.32. The third-order valence-corrected chi connectivity index (χ3v) is 1.76. The van der Waals surface area contributed by atoms with Crippen LogP contribution in [-0.2, 0) is 9.59 Å². The zero-order valence-electron chi connectivity index (χ0n) is 6.17. The summed E-state index contributed by atoms with van der Waals surface area (Å²) in [6.07, 6.45) is 4.01. The largest absolute Gasteiger partial charge is 0.478 e. The fraction of sp³-hybridized carbons (Fsp3) is 0.500. The number of aliphatic carboxylic acids is 1. The van der Waals surface area contributed by atoms with Crippen molar-refractivity contribution in [3.8, 4) is 0 Å². The van der Waals surface area contributed by atoms with Gasteiger partial charge < -0.3 is 5.11 Å². The molecule has 0 amide bonds. The predicted molar refractivity (Wildman–Crippen MR) is 39.2 cm³/mol. The Balaban J connectivity index is 2.68. The maximum atomic E-state index is 11.0. The van der Waals surface area contributed by atoms with Gasteiger partial charge in [-0.15, -0.1) is 0 Å². The van der Waals surface area contributed by atoms with Crippen molar-refractivity contribution in [2.24, 2.45) is 0 Å². The van der Waals surface area contributed by atoms with E-state index in [9.17, 15) is 9.59 Å². The second-order valence-electron chi connectivity index (χ2n) is 2.64. The van der Waals surface area contributed by atoms with E-state index in [1.807, 2.05) is 0 Å². The lowest BCUT2D eigenvalue weighted by molar-refractivity contribution is -0.131. The molecule has 0 radical (unpaired) electrons. The molecule has 0 aliphatic heterocycles. The summed E-state index contributed by atoms with van der Waals surface area (Å²) in [6, 6.07) is 0. The number of ketones is 1. The molecule has 11 heavy (non-hydrogen) atoms. The lowest BCUT2D eigenvalue weighted by Gasteiger charge is -2.10. The number of hydrogen-bond donors (Lipinski definition) is 1. The van der Waals surface area contributed by atoms with Gasteiger partial charge in [-0.05, 0) is 19.3 Å². The Morgan fingerprint density at radius 3 is 2.55 bits per heavy atom. The van der Waals surface area contributed by atoms with Crippen LogP contribution in [0.3, 0.4) is 0 Å². The number of allylic oxidation sites excluding steroid dienone is 1. The summed E-state index contributed by atoms with van der Waals surface area (Å²) < 4.78 is 0. The van der Waals surface area contributed by atoms with Crippen molar-refractivity contribution in [2.45, 2.75) is 25.7 Å². The molecule has 0 aromatic rings. The first kappa shape index (κ1) is 7.98. The van der Waals surface area contributed by atoms with E-state index in [2.05, 4.69) is 0 Å². The number of carbonyl (C=O) groups excluding carboxylic acids is 1. The summed E-state index contributed by atoms with van der Waals surface area (Å²) in [5.74, 6) is -1.02. The average molecular weight is 154 g/mol. The standard InChI is InChI=1S/C8H10O3/c9-7-4-2-1-3-6(7)5-8(10)11/h5H,1-4H2,(H,10,11)/b6-5-. The van der Waals surface area contributed by atoms with Crippen LogP contribution in [0.4, 0.5) is 0 Å². The Morgan fingerprint density at radius 2 is 2.00 bits per heavy atom. The molecule has 0 atom stereocenters. The molecule has 0 saturated heterocycles. The third kappa shape index (κ3) is 2.18. The highest BCUT2D eigenvalue weighted by molar-refractivity contribution is 6.00. The van der Waals surface area contributed by atoms with Crippen molar-refractivity contribution >= 4 is 11.8 Å². The summed E-state index contributed by atoms with van der Waals surface area (Å²) in [4.78, 5) is 21.2. The van der Waals surface area contributed by atoms with Gasteiger partial charge in [-0.25, -0.2) is 4.79 Å². The number of Topliss-reactive ketones (excluding diaryl/α,β-unsaturated/α-hetero) is 1. The van der Waals surface area contributed by atoms with Crippen molar-refractivity contribution in [1.82, 2.24) is 0 Å². The lowest BCUT2D eigenvalue weighted by atomic mass is 9.93. The van der Waals surface area contributed by atoms with E-state index in [-0.39, 0.29) is 5.78 Å². The topological polar surface area (TPSA) is 54.4 Å². The van der Waals surface area contributed by atoms with E-state index in [1.54, 1.807) is 0 Å². The van der Waals surface area contributed by atoms with Gasteiger partial charge in [0.15, 0.2) is 5.78 Å². The maximum absolute atomic E-state index is 11.0. The zero-order chi connectivity index (χ0) is 8.27. The van der Waals surface area contributed by atoms with Crippen LogP contribution in [0.25, 0.3) is 0 Å². The van der Waals surface area contributed by atoms with Crippen LogP contribution < -0.4 is 0 Å². The molecule has 0 aromatic carbocycles. The second-order valence-corrected chi connectivity index (χ2v) is 2.64. The van der Waals surface area contributed by atoms with Crippen LogP contribution in [0, 0.1) is 0 Å². The molecule has 0 aromatic heterocycles. The van der Waals surface area contributed by atoms with Gasteiger partial charge in [0, 0.05) is 18.1 Å². The first-order valence-electron chi connectivity index (χ1n) is 3.67. The molecule has 3 nitrogen and oxygen atoms in total. The fourth-order valence-corrected chi connectivity index (χ4v) is 1.20. The fourth-order valence-electron chi connectivity index (χ4n) is 1.20. The SMILES string of the molecule is O=C(O)/C=C1/CCCCC1=O. The van der Waals surface area contributed by atoms with Gasteiger partial charge in [0.2, 0.25) is 0 Å².